The molecular weight excluding hydrogens is 165 g/mol. The van der Waals surface area contributed by atoms with E-state index < -0.39 is 5.43 Å². The molecule has 0 bridgehead atoms. The fourth-order valence-electron chi connectivity index (χ4n) is 0.147. The predicted octanol–water partition coefficient (Wildman–Crippen LogP) is -2.33. The Morgan fingerprint density at radius 3 is 2.22 bits per heavy atom. The lowest BCUT2D eigenvalue weighted by atomic mass is 11.1. The van der Waals surface area contributed by atoms with Crippen molar-refractivity contribution in [3.8, 4) is 0 Å². The van der Waals surface area contributed by atoms with E-state index in [1.54, 1.807) is 18.7 Å². The van der Waals surface area contributed by atoms with Gasteiger partial charge in [-0.15, -0.1) is 0 Å². The maximum Gasteiger partial charge on any atom is 0.413 e. The molecule has 0 saturated carbocycles. The summed E-state index contributed by atoms with van der Waals surface area (Å²) >= 11 is 4.80. The average Bonchev–Trinajstić information content (AvgIpc) is 1.61. The van der Waals surface area contributed by atoms with Gasteiger partial charge in [-0.1, -0.05) is 0 Å². The maximum atomic E-state index is 9.83. The van der Waals surface area contributed by atoms with Gasteiger partial charge in [-0.25, -0.2) is 9.37 Å². The standard InChI is InChI=1S/C4H7ClNO2.ClH/c1-6(2)3-8-4(5)7;/h3H,1-2H3;1H/q+1;/p-1. The number of carbonyl (C=O) groups excluding carboxylic acids is 1. The van der Waals surface area contributed by atoms with E-state index in [0.29, 0.717) is 0 Å². The van der Waals surface area contributed by atoms with Gasteiger partial charge in [0.15, 0.2) is 0 Å². The normalized spacial score (nSPS) is 7.00. The van der Waals surface area contributed by atoms with Crippen LogP contribution in [0.3, 0.4) is 0 Å². The third-order valence-electron chi connectivity index (χ3n) is 0.356. The summed E-state index contributed by atoms with van der Waals surface area (Å²) in [5, 5.41) is 0. The topological polar surface area (TPSA) is 29.3 Å². The van der Waals surface area contributed by atoms with E-state index in [1.165, 1.54) is 6.40 Å². The van der Waals surface area contributed by atoms with Crippen molar-refractivity contribution >= 4 is 23.4 Å². The van der Waals surface area contributed by atoms with Crippen molar-refractivity contribution in [1.82, 2.24) is 0 Å². The van der Waals surface area contributed by atoms with Crippen LogP contribution in [0.4, 0.5) is 4.79 Å². The molecule has 0 saturated heterocycles. The zero-order valence-electron chi connectivity index (χ0n) is 5.10. The van der Waals surface area contributed by atoms with Crippen LogP contribution in [0.2, 0.25) is 0 Å². The largest absolute Gasteiger partial charge is 1.00 e. The Morgan fingerprint density at radius 2 is 2.11 bits per heavy atom. The van der Waals surface area contributed by atoms with Crippen LogP contribution in [0, 0.1) is 0 Å². The van der Waals surface area contributed by atoms with Crippen molar-refractivity contribution in [3.63, 3.8) is 0 Å². The molecule has 0 aromatic heterocycles. The lowest BCUT2D eigenvalue weighted by molar-refractivity contribution is -0.466. The van der Waals surface area contributed by atoms with Gasteiger partial charge >= 0.3 is 11.8 Å². The molecule has 0 atom stereocenters. The molecular formula is C4H7Cl2NO2. The molecule has 5 heteroatoms. The summed E-state index contributed by atoms with van der Waals surface area (Å²) in [7, 11) is 3.44. The summed E-state index contributed by atoms with van der Waals surface area (Å²) in [5.41, 5.74) is -0.821. The molecule has 0 rings (SSSR count). The van der Waals surface area contributed by atoms with Crippen LogP contribution in [-0.2, 0) is 4.74 Å². The maximum absolute atomic E-state index is 9.83. The van der Waals surface area contributed by atoms with Crippen molar-refractivity contribution in [2.24, 2.45) is 0 Å². The van der Waals surface area contributed by atoms with Crippen LogP contribution in [0.5, 0.6) is 0 Å². The zero-order chi connectivity index (χ0) is 6.57. The Balaban J connectivity index is 0. The highest BCUT2D eigenvalue weighted by Crippen LogP contribution is 1.80. The molecule has 0 aliphatic carbocycles. The molecule has 3 nitrogen and oxygen atoms in total. The molecule has 0 unspecified atom stereocenters. The number of ether oxygens (including phenoxy) is 1. The third-order valence-corrected chi connectivity index (χ3v) is 0.445. The Labute approximate surface area is 64.7 Å². The predicted molar refractivity (Wildman–Crippen MR) is 30.5 cm³/mol. The number of rotatable bonds is 1. The third kappa shape index (κ3) is 11.3. The van der Waals surface area contributed by atoms with Gasteiger partial charge in [0.2, 0.25) is 0 Å². The fraction of sp³-hybridized carbons (Fsp3) is 0.500. The minimum absolute atomic E-state index is 0. The van der Waals surface area contributed by atoms with Gasteiger partial charge in [-0.2, -0.15) is 0 Å². The van der Waals surface area contributed by atoms with Crippen molar-refractivity contribution in [2.45, 2.75) is 0 Å². The van der Waals surface area contributed by atoms with E-state index in [2.05, 4.69) is 4.74 Å². The van der Waals surface area contributed by atoms with Crippen molar-refractivity contribution in [3.05, 3.63) is 0 Å². The van der Waals surface area contributed by atoms with E-state index in [4.69, 9.17) is 11.6 Å². The van der Waals surface area contributed by atoms with E-state index in [9.17, 15) is 4.79 Å². The first-order valence-corrected chi connectivity index (χ1v) is 2.36. The molecule has 0 radical (unpaired) electrons. The number of hydrogen-bond donors (Lipinski definition) is 0. The van der Waals surface area contributed by atoms with E-state index >= 15 is 0 Å². The molecule has 0 fully saturated rings. The highest BCUT2D eigenvalue weighted by Gasteiger charge is 1.92. The molecule has 0 amide bonds. The van der Waals surface area contributed by atoms with Crippen LogP contribution in [0.1, 0.15) is 0 Å². The number of nitrogens with zero attached hydrogens (tertiary/aromatic N) is 1. The lowest BCUT2D eigenvalue weighted by Gasteiger charge is -1.83. The SMILES string of the molecule is C[N+](C)=COC(=O)Cl.[Cl-]. The number of carbonyl (C=O) groups is 1. The zero-order valence-corrected chi connectivity index (χ0v) is 6.61. The van der Waals surface area contributed by atoms with Gasteiger partial charge in [0, 0.05) is 11.6 Å². The second-order valence-electron chi connectivity index (χ2n) is 1.42. The van der Waals surface area contributed by atoms with Gasteiger partial charge in [-0.05, 0) is 0 Å². The molecule has 54 valence electrons. The highest BCUT2D eigenvalue weighted by atomic mass is 35.5. The monoisotopic (exact) mass is 171 g/mol. The first-order chi connectivity index (χ1) is 3.63. The van der Waals surface area contributed by atoms with Crippen LogP contribution in [0.15, 0.2) is 0 Å². The molecule has 0 N–H and O–H groups in total. The lowest BCUT2D eigenvalue weighted by Crippen LogP contribution is -3.00. The van der Waals surface area contributed by atoms with Gasteiger partial charge < -0.3 is 17.1 Å². The van der Waals surface area contributed by atoms with Gasteiger partial charge in [0.1, 0.15) is 14.1 Å². The number of hydrogen-bond acceptors (Lipinski definition) is 2. The minimum atomic E-state index is -0.821. The Kier molecular flexibility index (Phi) is 7.48. The summed E-state index contributed by atoms with van der Waals surface area (Å²) in [5.74, 6) is 0. The Morgan fingerprint density at radius 1 is 1.67 bits per heavy atom. The first-order valence-electron chi connectivity index (χ1n) is 1.99. The van der Waals surface area contributed by atoms with E-state index in [0.717, 1.165) is 0 Å². The van der Waals surface area contributed by atoms with Gasteiger partial charge in [0.25, 0.3) is 0 Å². The summed E-state index contributed by atoms with van der Waals surface area (Å²) in [6.07, 6.45) is 1.22. The smallest absolute Gasteiger partial charge is 0.413 e. The van der Waals surface area contributed by atoms with Crippen LogP contribution in [-0.4, -0.2) is 30.5 Å². The molecule has 0 aromatic rings. The Bertz CT molecular complexity index is 120. The number of halogens is 2. The molecule has 0 aromatic carbocycles. The molecule has 0 aliphatic heterocycles. The summed E-state index contributed by atoms with van der Waals surface area (Å²) < 4.78 is 5.80. The first kappa shape index (κ1) is 11.5. The van der Waals surface area contributed by atoms with Gasteiger partial charge in [0.05, 0.1) is 0 Å². The van der Waals surface area contributed by atoms with Crippen molar-refractivity contribution in [1.29, 1.82) is 0 Å². The average molecular weight is 172 g/mol. The van der Waals surface area contributed by atoms with Crippen molar-refractivity contribution in [2.75, 3.05) is 14.1 Å². The second kappa shape index (κ2) is 5.85. The van der Waals surface area contributed by atoms with Crippen LogP contribution in [0.25, 0.3) is 0 Å². The van der Waals surface area contributed by atoms with Crippen LogP contribution < -0.4 is 12.4 Å². The fourth-order valence-corrected chi connectivity index (χ4v) is 0.187. The molecule has 0 spiro atoms. The van der Waals surface area contributed by atoms with Crippen LogP contribution >= 0.6 is 11.6 Å². The highest BCUT2D eigenvalue weighted by molar-refractivity contribution is 6.61. The molecule has 0 aliphatic rings. The summed E-state index contributed by atoms with van der Waals surface area (Å²) in [6.45, 7) is 0. The van der Waals surface area contributed by atoms with E-state index in [-0.39, 0.29) is 12.4 Å². The van der Waals surface area contributed by atoms with Crippen molar-refractivity contribution < 1.29 is 26.5 Å². The van der Waals surface area contributed by atoms with E-state index in [1.807, 2.05) is 0 Å². The Hall–Kier alpha value is -0.280. The summed E-state index contributed by atoms with van der Waals surface area (Å²) in [6, 6.07) is 0. The quantitative estimate of drug-likeness (QED) is 0.192. The molecule has 0 heterocycles. The second-order valence-corrected chi connectivity index (χ2v) is 1.73. The summed E-state index contributed by atoms with van der Waals surface area (Å²) in [4.78, 5) is 9.83. The molecule has 9 heavy (non-hydrogen) atoms. The minimum Gasteiger partial charge on any atom is -1.00 e. The van der Waals surface area contributed by atoms with Gasteiger partial charge in [-0.3, -0.25) is 0 Å².